The van der Waals surface area contributed by atoms with E-state index in [0.717, 1.165) is 67.0 Å². The molecular weight excluding hydrogens is 476 g/mol. The summed E-state index contributed by atoms with van der Waals surface area (Å²) in [6, 6.07) is 22.5. The van der Waals surface area contributed by atoms with Gasteiger partial charge in [0.25, 0.3) is 0 Å². The van der Waals surface area contributed by atoms with Gasteiger partial charge in [0.2, 0.25) is 0 Å². The summed E-state index contributed by atoms with van der Waals surface area (Å²) in [6.45, 7) is 7.55. The highest BCUT2D eigenvalue weighted by Gasteiger charge is 2.22. The number of carbonyl (C=O) groups is 1. The molecule has 2 N–H and O–H groups in total. The first-order chi connectivity index (χ1) is 18.4. The average Bonchev–Trinajstić information content (AvgIpc) is 2.94. The molecule has 0 bridgehead atoms. The minimum Gasteiger partial charge on any atom is -0.389 e. The molecule has 198 valence electrons. The van der Waals surface area contributed by atoms with Crippen LogP contribution in [0.1, 0.15) is 35.5 Å². The van der Waals surface area contributed by atoms with Crippen LogP contribution in [-0.2, 0) is 6.42 Å². The fourth-order valence-corrected chi connectivity index (χ4v) is 4.53. The molecule has 0 spiro atoms. The van der Waals surface area contributed by atoms with Crippen LogP contribution in [0.25, 0.3) is 10.8 Å². The van der Waals surface area contributed by atoms with Crippen LogP contribution in [0, 0.1) is 0 Å². The lowest BCUT2D eigenvalue weighted by molar-refractivity contribution is 0.0821. The molecule has 8 nitrogen and oxygen atoms in total. The summed E-state index contributed by atoms with van der Waals surface area (Å²) in [4.78, 5) is 19.8. The van der Waals surface area contributed by atoms with E-state index in [1.807, 2.05) is 25.2 Å². The highest BCUT2D eigenvalue weighted by Crippen LogP contribution is 2.28. The summed E-state index contributed by atoms with van der Waals surface area (Å²) < 4.78 is 0. The average molecular weight is 513 g/mol. The van der Waals surface area contributed by atoms with Gasteiger partial charge in [0.1, 0.15) is 5.82 Å². The second-order valence-corrected chi connectivity index (χ2v) is 10.1. The molecule has 8 heteroatoms. The van der Waals surface area contributed by atoms with Gasteiger partial charge in [-0.2, -0.15) is 5.10 Å². The van der Waals surface area contributed by atoms with Crippen LogP contribution in [0.15, 0.2) is 72.9 Å². The molecule has 1 saturated heterocycles. The zero-order valence-corrected chi connectivity index (χ0v) is 22.3. The Bertz CT molecular complexity index is 1310. The lowest BCUT2D eigenvalue weighted by Crippen LogP contribution is -2.47. The van der Waals surface area contributed by atoms with Crippen LogP contribution in [-0.4, -0.2) is 71.9 Å². The number of fused-ring (bicyclic) bond motifs is 1. The molecule has 2 aromatic heterocycles. The third-order valence-corrected chi connectivity index (χ3v) is 6.38. The summed E-state index contributed by atoms with van der Waals surface area (Å²) in [6.07, 6.45) is 3.21. The zero-order chi connectivity index (χ0) is 27.0. The van der Waals surface area contributed by atoms with Gasteiger partial charge in [0.15, 0.2) is 12.1 Å². The molecule has 0 aliphatic carbocycles. The first kappa shape index (κ1) is 27.2. The van der Waals surface area contributed by atoms with Crippen molar-refractivity contribution in [2.24, 2.45) is 0 Å². The number of benzene rings is 2. The molecule has 4 aromatic rings. The predicted octanol–water partition coefficient (Wildman–Crippen LogP) is 3.73. The van der Waals surface area contributed by atoms with E-state index in [-0.39, 0.29) is 0 Å². The molecule has 1 aliphatic heterocycles. The van der Waals surface area contributed by atoms with E-state index >= 15 is 0 Å². The third-order valence-electron chi connectivity index (χ3n) is 6.38. The Hall–Kier alpha value is -3.88. The summed E-state index contributed by atoms with van der Waals surface area (Å²) in [5, 5.41) is 23.4. The number of nitrogens with one attached hydrogen (secondary N) is 1. The first-order valence-electron chi connectivity index (χ1n) is 12.9. The number of aldehydes is 1. The van der Waals surface area contributed by atoms with Crippen molar-refractivity contribution >= 4 is 28.7 Å². The van der Waals surface area contributed by atoms with Crippen molar-refractivity contribution in [1.82, 2.24) is 20.5 Å². The quantitative estimate of drug-likeness (QED) is 0.362. The molecule has 3 heterocycles. The Morgan fingerprint density at radius 3 is 2.13 bits per heavy atom. The number of hydrogen-bond acceptors (Lipinski definition) is 8. The van der Waals surface area contributed by atoms with Crippen LogP contribution in [0.2, 0.25) is 0 Å². The second kappa shape index (κ2) is 12.6. The van der Waals surface area contributed by atoms with Gasteiger partial charge in [-0.15, -0.1) is 5.10 Å². The van der Waals surface area contributed by atoms with Crippen molar-refractivity contribution in [2.45, 2.75) is 25.9 Å². The third kappa shape index (κ3) is 7.12. The number of hydrogen-bond donors (Lipinski definition) is 2. The number of nitrogens with zero attached hydrogens (tertiary/aromatic N) is 5. The minimum absolute atomic E-state index is 0.561. The number of aromatic nitrogens is 3. The zero-order valence-electron chi connectivity index (χ0n) is 22.3. The molecule has 1 fully saturated rings. The van der Waals surface area contributed by atoms with Gasteiger partial charge in [0.05, 0.1) is 11.3 Å². The van der Waals surface area contributed by atoms with Gasteiger partial charge < -0.3 is 20.2 Å². The molecule has 38 heavy (non-hydrogen) atoms. The summed E-state index contributed by atoms with van der Waals surface area (Å²) in [5.41, 5.74) is 2.27. The number of likely N-dealkylation sites (N-methyl/N-ethyl adjacent to an activating group) is 1. The van der Waals surface area contributed by atoms with Crippen molar-refractivity contribution in [1.29, 1.82) is 0 Å². The number of piperazine rings is 1. The molecule has 2 aromatic carbocycles. The standard InChI is InChI=1S/C25H23N5O.C5H13NO/c31-18-20-10-11-24(26-17-20)29-12-14-30(15-13-29)25-22-9-5-4-8-21(22)23(27-28-25)16-19-6-2-1-3-7-19;1-5(2,7)4-6-3/h1-11,17-18H,12-16H2;6-7H,4H2,1-3H3. The van der Waals surface area contributed by atoms with E-state index in [2.05, 4.69) is 78.8 Å². The molecule has 0 radical (unpaired) electrons. The maximum atomic E-state index is 10.9. The lowest BCUT2D eigenvalue weighted by Gasteiger charge is -2.36. The molecule has 0 atom stereocenters. The number of pyridine rings is 1. The maximum Gasteiger partial charge on any atom is 0.159 e. The molecule has 0 unspecified atom stereocenters. The van der Waals surface area contributed by atoms with Crippen molar-refractivity contribution in [2.75, 3.05) is 49.6 Å². The van der Waals surface area contributed by atoms with Crippen molar-refractivity contribution < 1.29 is 9.90 Å². The van der Waals surface area contributed by atoms with Crippen molar-refractivity contribution in [3.05, 3.63) is 89.7 Å². The lowest BCUT2D eigenvalue weighted by atomic mass is 10.0. The Labute approximate surface area is 224 Å². The summed E-state index contributed by atoms with van der Waals surface area (Å²) in [7, 11) is 1.82. The van der Waals surface area contributed by atoms with E-state index in [4.69, 9.17) is 5.11 Å². The van der Waals surface area contributed by atoms with Crippen molar-refractivity contribution in [3.8, 4) is 0 Å². The van der Waals surface area contributed by atoms with Crippen molar-refractivity contribution in [3.63, 3.8) is 0 Å². The highest BCUT2D eigenvalue weighted by atomic mass is 16.3. The monoisotopic (exact) mass is 512 g/mol. The fourth-order valence-electron chi connectivity index (χ4n) is 4.53. The summed E-state index contributed by atoms with van der Waals surface area (Å²) >= 11 is 0. The highest BCUT2D eigenvalue weighted by molar-refractivity contribution is 5.93. The molecule has 0 amide bonds. The second-order valence-electron chi connectivity index (χ2n) is 10.1. The van der Waals surface area contributed by atoms with Gasteiger partial charge >= 0.3 is 0 Å². The molecule has 5 rings (SSSR count). The van der Waals surface area contributed by atoms with Gasteiger partial charge in [0, 0.05) is 61.7 Å². The summed E-state index contributed by atoms with van der Waals surface area (Å²) in [5.74, 6) is 1.84. The first-order valence-corrected chi connectivity index (χ1v) is 12.9. The normalized spacial score (nSPS) is 13.7. The number of aliphatic hydroxyl groups is 1. The molecular formula is C30H36N6O2. The van der Waals surface area contributed by atoms with Gasteiger partial charge in [-0.3, -0.25) is 4.79 Å². The van der Waals surface area contributed by atoms with E-state index in [9.17, 15) is 4.79 Å². The Morgan fingerprint density at radius 1 is 0.895 bits per heavy atom. The SMILES string of the molecule is CNCC(C)(C)O.O=Cc1ccc(N2CCN(c3nnc(Cc4ccccc4)c4ccccc34)CC2)nc1. The van der Waals surface area contributed by atoms with Gasteiger partial charge in [-0.1, -0.05) is 54.6 Å². The molecule has 0 saturated carbocycles. The van der Waals surface area contributed by atoms with Crippen LogP contribution in [0.3, 0.4) is 0 Å². The number of carbonyl (C=O) groups excluding carboxylic acids is 1. The van der Waals surface area contributed by atoms with Crippen LogP contribution >= 0.6 is 0 Å². The Morgan fingerprint density at radius 2 is 1.55 bits per heavy atom. The maximum absolute atomic E-state index is 10.9. The largest absolute Gasteiger partial charge is 0.389 e. The van der Waals surface area contributed by atoms with Crippen LogP contribution in [0.4, 0.5) is 11.6 Å². The number of anilines is 2. The van der Waals surface area contributed by atoms with E-state index < -0.39 is 5.60 Å². The van der Waals surface area contributed by atoms with Crippen LogP contribution < -0.4 is 15.1 Å². The predicted molar refractivity (Wildman–Crippen MR) is 153 cm³/mol. The van der Waals surface area contributed by atoms with Gasteiger partial charge in [-0.25, -0.2) is 4.98 Å². The topological polar surface area (TPSA) is 94.5 Å². The van der Waals surface area contributed by atoms with E-state index in [1.54, 1.807) is 20.0 Å². The minimum atomic E-state index is -0.561. The number of rotatable bonds is 7. The van der Waals surface area contributed by atoms with Crippen LogP contribution in [0.5, 0.6) is 0 Å². The smallest absolute Gasteiger partial charge is 0.159 e. The van der Waals surface area contributed by atoms with E-state index in [1.165, 1.54) is 5.56 Å². The molecule has 1 aliphatic rings. The Balaban J connectivity index is 0.000000426. The van der Waals surface area contributed by atoms with E-state index in [0.29, 0.717) is 12.1 Å². The fraction of sp³-hybridized carbons (Fsp3) is 0.333. The Kier molecular flexibility index (Phi) is 8.99. The van der Waals surface area contributed by atoms with Gasteiger partial charge in [-0.05, 0) is 38.6 Å².